The van der Waals surface area contributed by atoms with Crippen molar-refractivity contribution in [2.24, 2.45) is 17.8 Å². The van der Waals surface area contributed by atoms with Crippen molar-refractivity contribution in [1.82, 2.24) is 4.90 Å². The topological polar surface area (TPSA) is 48.0 Å². The number of nitrogens with zero attached hydrogens (tertiary/aromatic N) is 1. The molecule has 0 N–H and O–H groups in total. The van der Waals surface area contributed by atoms with Gasteiger partial charge in [0.05, 0.1) is 6.61 Å². The van der Waals surface area contributed by atoms with Crippen LogP contribution in [-0.4, -0.2) is 37.8 Å². The van der Waals surface area contributed by atoms with Gasteiger partial charge >= 0.3 is 6.16 Å². The number of hydrogen-bond donors (Lipinski definition) is 0. The molecule has 2 heterocycles. The lowest BCUT2D eigenvalue weighted by atomic mass is 9.97. The summed E-state index contributed by atoms with van der Waals surface area (Å²) in [5.74, 6) is 3.27. The molecule has 5 rings (SSSR count). The average molecular weight is 351 g/mol. The molecule has 0 amide bonds. The van der Waals surface area contributed by atoms with Crippen LogP contribution < -0.4 is 4.74 Å². The van der Waals surface area contributed by atoms with Gasteiger partial charge < -0.3 is 19.1 Å². The van der Waals surface area contributed by atoms with E-state index in [9.17, 15) is 4.79 Å². The summed E-state index contributed by atoms with van der Waals surface area (Å²) in [7, 11) is 2.14. The van der Waals surface area contributed by atoms with E-state index in [1.165, 1.54) is 0 Å². The first-order valence-corrected chi connectivity index (χ1v) is 9.08. The van der Waals surface area contributed by atoms with Crippen LogP contribution >= 0.6 is 0 Å². The Labute approximate surface area is 152 Å². The predicted octanol–water partition coefficient (Wildman–Crippen LogP) is 3.84. The van der Waals surface area contributed by atoms with Crippen molar-refractivity contribution in [1.29, 1.82) is 0 Å². The Morgan fingerprint density at radius 1 is 1.04 bits per heavy atom. The largest absolute Gasteiger partial charge is 0.509 e. The van der Waals surface area contributed by atoms with Gasteiger partial charge in [-0.3, -0.25) is 0 Å². The molecule has 5 heteroatoms. The van der Waals surface area contributed by atoms with E-state index in [-0.39, 0.29) is 0 Å². The van der Waals surface area contributed by atoms with Crippen molar-refractivity contribution in [2.75, 3.05) is 26.7 Å². The molecule has 0 aromatic heterocycles. The number of carbonyl (C=O) groups is 1. The monoisotopic (exact) mass is 351 g/mol. The molecule has 134 valence electrons. The van der Waals surface area contributed by atoms with Gasteiger partial charge in [0, 0.05) is 30.1 Å². The molecule has 3 aliphatic rings. The van der Waals surface area contributed by atoms with Gasteiger partial charge in [0.2, 0.25) is 0 Å². The third-order valence-electron chi connectivity index (χ3n) is 5.78. The lowest BCUT2D eigenvalue weighted by molar-refractivity contribution is 0.0270. The van der Waals surface area contributed by atoms with Crippen molar-refractivity contribution in [2.45, 2.75) is 6.10 Å². The molecule has 1 unspecified atom stereocenters. The van der Waals surface area contributed by atoms with Crippen LogP contribution in [0.1, 0.15) is 17.2 Å². The second kappa shape index (κ2) is 6.02. The number of hydrogen-bond acceptors (Lipinski definition) is 5. The number of para-hydroxylation sites is 2. The number of ether oxygens (including phenoxy) is 3. The highest BCUT2D eigenvalue weighted by molar-refractivity contribution is 5.63. The molecular formula is C21H21NO4. The van der Waals surface area contributed by atoms with Gasteiger partial charge in [-0.25, -0.2) is 4.79 Å². The fourth-order valence-electron chi connectivity index (χ4n) is 4.40. The molecule has 5 nitrogen and oxygen atoms in total. The molecule has 2 fully saturated rings. The SMILES string of the molecule is CN1CC2[C@@H](COC(=O)OC3c4ccccc4Oc4ccccc43)[C@@H]2C1. The lowest BCUT2D eigenvalue weighted by Gasteiger charge is -2.27. The summed E-state index contributed by atoms with van der Waals surface area (Å²) in [6, 6.07) is 15.3. The van der Waals surface area contributed by atoms with E-state index in [1.807, 2.05) is 48.5 Å². The highest BCUT2D eigenvalue weighted by Gasteiger charge is 2.55. The second-order valence-corrected chi connectivity index (χ2v) is 7.45. The van der Waals surface area contributed by atoms with E-state index < -0.39 is 12.3 Å². The third-order valence-corrected chi connectivity index (χ3v) is 5.78. The van der Waals surface area contributed by atoms with Crippen LogP contribution in [0.15, 0.2) is 48.5 Å². The van der Waals surface area contributed by atoms with Crippen LogP contribution in [0.2, 0.25) is 0 Å². The van der Waals surface area contributed by atoms with Crippen LogP contribution in [-0.2, 0) is 9.47 Å². The first-order chi connectivity index (χ1) is 12.7. The molecule has 1 saturated heterocycles. The molecule has 2 aliphatic heterocycles. The zero-order chi connectivity index (χ0) is 17.7. The van der Waals surface area contributed by atoms with Crippen molar-refractivity contribution >= 4 is 6.16 Å². The Hall–Kier alpha value is -2.53. The van der Waals surface area contributed by atoms with Gasteiger partial charge in [0.1, 0.15) is 11.5 Å². The molecule has 1 aliphatic carbocycles. The Morgan fingerprint density at radius 3 is 2.23 bits per heavy atom. The van der Waals surface area contributed by atoms with Gasteiger partial charge in [0.25, 0.3) is 0 Å². The molecule has 0 spiro atoms. The zero-order valence-corrected chi connectivity index (χ0v) is 14.6. The van der Waals surface area contributed by atoms with Gasteiger partial charge in [-0.15, -0.1) is 0 Å². The maximum absolute atomic E-state index is 12.4. The molecule has 0 radical (unpaired) electrons. The molecule has 3 atom stereocenters. The Balaban J connectivity index is 1.28. The minimum Gasteiger partial charge on any atom is -0.456 e. The number of fused-ring (bicyclic) bond motifs is 3. The summed E-state index contributed by atoms with van der Waals surface area (Å²) in [5, 5.41) is 0. The minimum absolute atomic E-state index is 0.453. The Bertz CT molecular complexity index is 794. The van der Waals surface area contributed by atoms with Crippen molar-refractivity contribution in [3.8, 4) is 11.5 Å². The van der Waals surface area contributed by atoms with Crippen LogP contribution in [0.4, 0.5) is 4.79 Å². The number of carbonyl (C=O) groups excluding carboxylic acids is 1. The third kappa shape index (κ3) is 2.63. The van der Waals surface area contributed by atoms with E-state index >= 15 is 0 Å². The molecule has 2 aromatic carbocycles. The summed E-state index contributed by atoms with van der Waals surface area (Å²) < 4.78 is 17.1. The van der Waals surface area contributed by atoms with Gasteiger partial charge in [0.15, 0.2) is 6.10 Å². The maximum Gasteiger partial charge on any atom is 0.509 e. The fraction of sp³-hybridized carbons (Fsp3) is 0.381. The van der Waals surface area contributed by atoms with E-state index in [2.05, 4.69) is 11.9 Å². The van der Waals surface area contributed by atoms with Crippen LogP contribution in [0, 0.1) is 17.8 Å². The van der Waals surface area contributed by atoms with Gasteiger partial charge in [-0.2, -0.15) is 0 Å². The van der Waals surface area contributed by atoms with E-state index in [0.29, 0.717) is 35.9 Å². The number of benzene rings is 2. The van der Waals surface area contributed by atoms with Gasteiger partial charge in [-0.1, -0.05) is 36.4 Å². The lowest BCUT2D eigenvalue weighted by Crippen LogP contribution is -2.22. The summed E-state index contributed by atoms with van der Waals surface area (Å²) in [5.41, 5.74) is 1.68. The smallest absolute Gasteiger partial charge is 0.456 e. The number of rotatable bonds is 3. The Morgan fingerprint density at radius 2 is 1.62 bits per heavy atom. The summed E-state index contributed by atoms with van der Waals surface area (Å²) in [6.07, 6.45) is -1.12. The maximum atomic E-state index is 12.4. The standard InChI is InChI=1S/C21H21NO4/c1-22-10-15-16(11-22)17(15)12-24-21(23)26-20-13-6-2-4-8-18(13)25-19-9-5-3-7-14(19)20/h2-9,15-17,20H,10-12H2,1H3/t15-,16?,17+/m1/s1. The van der Waals surface area contributed by atoms with E-state index in [0.717, 1.165) is 24.2 Å². The first kappa shape index (κ1) is 15.7. The first-order valence-electron chi connectivity index (χ1n) is 9.08. The quantitative estimate of drug-likeness (QED) is 0.786. The summed E-state index contributed by atoms with van der Waals surface area (Å²) >= 11 is 0. The average Bonchev–Trinajstić information content (AvgIpc) is 3.12. The fourth-order valence-corrected chi connectivity index (χ4v) is 4.40. The van der Waals surface area contributed by atoms with Crippen molar-refractivity contribution in [3.63, 3.8) is 0 Å². The summed E-state index contributed by atoms with van der Waals surface area (Å²) in [6.45, 7) is 2.66. The molecule has 1 saturated carbocycles. The molecular weight excluding hydrogens is 330 g/mol. The Kier molecular flexibility index (Phi) is 3.64. The molecule has 2 aromatic rings. The van der Waals surface area contributed by atoms with E-state index in [1.54, 1.807) is 0 Å². The normalized spacial score (nSPS) is 26.3. The van der Waals surface area contributed by atoms with Gasteiger partial charge in [-0.05, 0) is 31.0 Å². The number of likely N-dealkylation sites (tertiary alicyclic amines) is 1. The minimum atomic E-state index is -0.611. The van der Waals surface area contributed by atoms with E-state index in [4.69, 9.17) is 14.2 Å². The summed E-state index contributed by atoms with van der Waals surface area (Å²) in [4.78, 5) is 14.7. The van der Waals surface area contributed by atoms with Crippen molar-refractivity contribution < 1.29 is 19.0 Å². The van der Waals surface area contributed by atoms with Crippen molar-refractivity contribution in [3.05, 3.63) is 59.7 Å². The molecule has 26 heavy (non-hydrogen) atoms. The molecule has 0 bridgehead atoms. The zero-order valence-electron chi connectivity index (χ0n) is 14.6. The van der Waals surface area contributed by atoms with Crippen LogP contribution in [0.3, 0.4) is 0 Å². The highest BCUT2D eigenvalue weighted by Crippen LogP contribution is 2.51. The van der Waals surface area contributed by atoms with Crippen LogP contribution in [0.5, 0.6) is 11.5 Å². The predicted molar refractivity (Wildman–Crippen MR) is 95.2 cm³/mol. The number of piperidine rings is 1. The van der Waals surface area contributed by atoms with Crippen LogP contribution in [0.25, 0.3) is 0 Å². The highest BCUT2D eigenvalue weighted by atomic mass is 16.7. The second-order valence-electron chi connectivity index (χ2n) is 7.45.